The molecule has 0 saturated carbocycles. The Morgan fingerprint density at radius 2 is 1.86 bits per heavy atom. The fourth-order valence-electron chi connectivity index (χ4n) is 3.46. The summed E-state index contributed by atoms with van der Waals surface area (Å²) in [6, 6.07) is 17.5. The number of carbonyl (C=O) groups excluding carboxylic acids is 1. The average Bonchev–Trinajstić information content (AvgIpc) is 3.05. The van der Waals surface area contributed by atoms with Gasteiger partial charge in [-0.15, -0.1) is 0 Å². The van der Waals surface area contributed by atoms with Crippen LogP contribution in [0.4, 0.5) is 21.0 Å². The summed E-state index contributed by atoms with van der Waals surface area (Å²) >= 11 is 0. The highest BCUT2D eigenvalue weighted by atomic mass is 19.1. The van der Waals surface area contributed by atoms with Gasteiger partial charge in [0.15, 0.2) is 0 Å². The zero-order chi connectivity index (χ0) is 20.4. The maximum absolute atomic E-state index is 13.2. The molecule has 2 atom stereocenters. The Balaban J connectivity index is 1.62. The van der Waals surface area contributed by atoms with Gasteiger partial charge in [0.05, 0.1) is 6.04 Å². The predicted molar refractivity (Wildman–Crippen MR) is 108 cm³/mol. The molecule has 1 amide bonds. The van der Waals surface area contributed by atoms with E-state index in [1.165, 1.54) is 12.1 Å². The first-order valence-corrected chi connectivity index (χ1v) is 9.35. The van der Waals surface area contributed by atoms with Gasteiger partial charge in [-0.05, 0) is 43.2 Å². The van der Waals surface area contributed by atoms with Crippen LogP contribution >= 0.6 is 0 Å². The third-order valence-corrected chi connectivity index (χ3v) is 5.13. The first kappa shape index (κ1) is 18.9. The first-order valence-electron chi connectivity index (χ1n) is 9.35. The van der Waals surface area contributed by atoms with Crippen molar-refractivity contribution in [2.75, 3.05) is 16.8 Å². The highest BCUT2D eigenvalue weighted by Crippen LogP contribution is 2.37. The Morgan fingerprint density at radius 1 is 1.14 bits per heavy atom. The van der Waals surface area contributed by atoms with Gasteiger partial charge in [0.2, 0.25) is 5.95 Å². The van der Waals surface area contributed by atoms with Crippen molar-refractivity contribution in [3.63, 3.8) is 0 Å². The quantitative estimate of drug-likeness (QED) is 0.684. The molecule has 2 aromatic carbocycles. The van der Waals surface area contributed by atoms with Crippen molar-refractivity contribution < 1.29 is 13.9 Å². The summed E-state index contributed by atoms with van der Waals surface area (Å²) in [4.78, 5) is 22.9. The van der Waals surface area contributed by atoms with E-state index in [4.69, 9.17) is 4.74 Å². The lowest BCUT2D eigenvalue weighted by molar-refractivity contribution is 0.174. The van der Waals surface area contributed by atoms with Crippen molar-refractivity contribution in [2.45, 2.75) is 25.4 Å². The van der Waals surface area contributed by atoms with E-state index < -0.39 is 11.6 Å². The van der Waals surface area contributed by atoms with Gasteiger partial charge in [0.1, 0.15) is 23.8 Å². The lowest BCUT2D eigenvalue weighted by atomic mass is 9.92. The number of cyclic esters (lactones) is 1. The van der Waals surface area contributed by atoms with Crippen LogP contribution in [-0.2, 0) is 10.3 Å². The van der Waals surface area contributed by atoms with Crippen molar-refractivity contribution in [3.8, 4) is 0 Å². The number of hydrogen-bond donors (Lipinski definition) is 1. The van der Waals surface area contributed by atoms with Gasteiger partial charge in [0, 0.05) is 6.20 Å². The van der Waals surface area contributed by atoms with Crippen molar-refractivity contribution in [1.29, 1.82) is 0 Å². The van der Waals surface area contributed by atoms with Crippen LogP contribution in [0, 0.1) is 5.82 Å². The number of anilines is 2. The summed E-state index contributed by atoms with van der Waals surface area (Å²) in [5.74, 6) is 0.532. The number of ether oxygens (including phenoxy) is 1. The van der Waals surface area contributed by atoms with Crippen LogP contribution in [0.15, 0.2) is 66.9 Å². The van der Waals surface area contributed by atoms with Crippen LogP contribution in [0.1, 0.15) is 31.0 Å². The van der Waals surface area contributed by atoms with E-state index in [2.05, 4.69) is 15.3 Å². The fraction of sp³-hybridized carbons (Fsp3) is 0.227. The van der Waals surface area contributed by atoms with Gasteiger partial charge in [0.25, 0.3) is 0 Å². The molecule has 0 aliphatic carbocycles. The van der Waals surface area contributed by atoms with Crippen LogP contribution in [0.5, 0.6) is 0 Å². The monoisotopic (exact) mass is 392 g/mol. The minimum absolute atomic E-state index is 0.142. The third kappa shape index (κ3) is 3.63. The Bertz CT molecular complexity index is 1010. The van der Waals surface area contributed by atoms with Crippen molar-refractivity contribution in [2.24, 2.45) is 0 Å². The SMILES string of the molecule is C[C@H](Nc1nccc(N2C(=O)OC[C@]2(C)c2ccccc2)n1)c1ccc(F)cc1. The van der Waals surface area contributed by atoms with Gasteiger partial charge in [-0.2, -0.15) is 4.98 Å². The molecular formula is C22H21FN4O2. The molecule has 4 rings (SSSR count). The molecule has 2 heterocycles. The third-order valence-electron chi connectivity index (χ3n) is 5.13. The van der Waals surface area contributed by atoms with Crippen LogP contribution in [-0.4, -0.2) is 22.7 Å². The summed E-state index contributed by atoms with van der Waals surface area (Å²) in [5, 5.41) is 3.20. The molecule has 7 heteroatoms. The molecular weight excluding hydrogens is 371 g/mol. The van der Waals surface area contributed by atoms with Gasteiger partial charge in [-0.25, -0.2) is 19.1 Å². The summed E-state index contributed by atoms with van der Waals surface area (Å²) < 4.78 is 18.5. The second-order valence-corrected chi connectivity index (χ2v) is 7.19. The highest BCUT2D eigenvalue weighted by Gasteiger charge is 2.46. The number of benzene rings is 2. The van der Waals surface area contributed by atoms with Crippen LogP contribution in [0.2, 0.25) is 0 Å². The molecule has 0 bridgehead atoms. The van der Waals surface area contributed by atoms with Crippen molar-refractivity contribution in [3.05, 3.63) is 83.8 Å². The normalized spacial score (nSPS) is 19.7. The molecule has 1 aliphatic heterocycles. The molecule has 0 radical (unpaired) electrons. The summed E-state index contributed by atoms with van der Waals surface area (Å²) in [7, 11) is 0. The smallest absolute Gasteiger partial charge is 0.416 e. The van der Waals surface area contributed by atoms with Crippen LogP contribution in [0.25, 0.3) is 0 Å². The van der Waals surface area contributed by atoms with Crippen LogP contribution < -0.4 is 10.2 Å². The van der Waals surface area contributed by atoms with E-state index in [9.17, 15) is 9.18 Å². The molecule has 1 fully saturated rings. The molecule has 29 heavy (non-hydrogen) atoms. The Hall–Kier alpha value is -3.48. The molecule has 0 spiro atoms. The number of carbonyl (C=O) groups is 1. The first-order chi connectivity index (χ1) is 14.0. The molecule has 1 N–H and O–H groups in total. The topological polar surface area (TPSA) is 67.4 Å². The zero-order valence-electron chi connectivity index (χ0n) is 16.2. The van der Waals surface area contributed by atoms with E-state index in [0.717, 1.165) is 11.1 Å². The lowest BCUT2D eigenvalue weighted by Gasteiger charge is -2.31. The van der Waals surface area contributed by atoms with Crippen molar-refractivity contribution in [1.82, 2.24) is 9.97 Å². The molecule has 1 aromatic heterocycles. The molecule has 0 unspecified atom stereocenters. The van der Waals surface area contributed by atoms with E-state index >= 15 is 0 Å². The number of hydrogen-bond acceptors (Lipinski definition) is 5. The number of rotatable bonds is 5. The number of nitrogens with one attached hydrogen (secondary N) is 1. The van der Waals surface area contributed by atoms with E-state index in [-0.39, 0.29) is 18.5 Å². The molecule has 1 saturated heterocycles. The van der Waals surface area contributed by atoms with E-state index in [1.807, 2.05) is 44.2 Å². The average molecular weight is 392 g/mol. The summed E-state index contributed by atoms with van der Waals surface area (Å²) in [5.41, 5.74) is 1.18. The van der Waals surface area contributed by atoms with Crippen LogP contribution in [0.3, 0.4) is 0 Å². The van der Waals surface area contributed by atoms with Gasteiger partial charge in [-0.1, -0.05) is 42.5 Å². The minimum Gasteiger partial charge on any atom is -0.446 e. The largest absolute Gasteiger partial charge is 0.446 e. The highest BCUT2D eigenvalue weighted by molar-refractivity contribution is 5.90. The van der Waals surface area contributed by atoms with Crippen molar-refractivity contribution >= 4 is 17.9 Å². The summed E-state index contributed by atoms with van der Waals surface area (Å²) in [6.45, 7) is 4.11. The molecule has 148 valence electrons. The second kappa shape index (κ2) is 7.50. The standard InChI is InChI=1S/C22H21FN4O2/c1-15(16-8-10-18(23)11-9-16)25-20-24-13-12-19(26-20)27-21(28)29-14-22(27,2)17-6-4-3-5-7-17/h3-13,15H,14H2,1-2H3,(H,24,25,26)/t15-,22+/m0/s1. The lowest BCUT2D eigenvalue weighted by Crippen LogP contribution is -2.42. The summed E-state index contributed by atoms with van der Waals surface area (Å²) in [6.07, 6.45) is 1.14. The number of halogens is 1. The Morgan fingerprint density at radius 3 is 2.59 bits per heavy atom. The molecule has 3 aromatic rings. The zero-order valence-corrected chi connectivity index (χ0v) is 16.2. The Kier molecular flexibility index (Phi) is 4.88. The molecule has 1 aliphatic rings. The maximum Gasteiger partial charge on any atom is 0.416 e. The number of aromatic nitrogens is 2. The van der Waals surface area contributed by atoms with Gasteiger partial charge >= 0.3 is 6.09 Å². The minimum atomic E-state index is -0.674. The predicted octanol–water partition coefficient (Wildman–Crippen LogP) is 4.66. The fourth-order valence-corrected chi connectivity index (χ4v) is 3.46. The van der Waals surface area contributed by atoms with E-state index in [0.29, 0.717) is 11.8 Å². The molecule has 6 nitrogen and oxygen atoms in total. The Labute approximate surface area is 168 Å². The van der Waals surface area contributed by atoms with Gasteiger partial charge < -0.3 is 10.1 Å². The number of amides is 1. The van der Waals surface area contributed by atoms with Gasteiger partial charge in [-0.3, -0.25) is 0 Å². The number of nitrogens with zero attached hydrogens (tertiary/aromatic N) is 3. The second-order valence-electron chi connectivity index (χ2n) is 7.19. The maximum atomic E-state index is 13.2. The van der Waals surface area contributed by atoms with E-state index in [1.54, 1.807) is 29.3 Å².